The van der Waals surface area contributed by atoms with E-state index in [1.807, 2.05) is 0 Å². The second-order valence-electron chi connectivity index (χ2n) is 1.60. The lowest BCUT2D eigenvalue weighted by Crippen LogP contribution is -2.34. The number of primary amides is 2. The molecule has 0 aliphatic heterocycles. The summed E-state index contributed by atoms with van der Waals surface area (Å²) in [6.07, 6.45) is 0. The van der Waals surface area contributed by atoms with Crippen LogP contribution in [0.3, 0.4) is 0 Å². The summed E-state index contributed by atoms with van der Waals surface area (Å²) in [6.45, 7) is 0. The lowest BCUT2D eigenvalue weighted by molar-refractivity contribution is -0.117. The molecule has 10 heavy (non-hydrogen) atoms. The molecule has 1 atom stereocenters. The van der Waals surface area contributed by atoms with Crippen molar-refractivity contribution in [2.75, 3.05) is 5.75 Å². The summed E-state index contributed by atoms with van der Waals surface area (Å²) >= 11 is 0.921. The second kappa shape index (κ2) is 4.13. The zero-order chi connectivity index (χ0) is 8.15. The summed E-state index contributed by atoms with van der Waals surface area (Å²) in [5, 5.41) is -0.840. The van der Waals surface area contributed by atoms with E-state index in [0.717, 1.165) is 11.8 Å². The Morgan fingerprint density at radius 1 is 1.40 bits per heavy atom. The molecular formula is C4H9N3O2S. The molecule has 6 heteroatoms. The summed E-state index contributed by atoms with van der Waals surface area (Å²) in [4.78, 5) is 20.4. The average molecular weight is 163 g/mol. The van der Waals surface area contributed by atoms with Gasteiger partial charge in [-0.15, -0.1) is 11.8 Å². The van der Waals surface area contributed by atoms with Crippen molar-refractivity contribution in [1.29, 1.82) is 0 Å². The SMILES string of the molecule is NC(=O)CS[C@H](N)C(N)=O. The smallest absolute Gasteiger partial charge is 0.244 e. The van der Waals surface area contributed by atoms with Gasteiger partial charge in [-0.3, -0.25) is 9.59 Å². The maximum atomic E-state index is 10.2. The van der Waals surface area contributed by atoms with Crippen LogP contribution in [-0.2, 0) is 9.59 Å². The first kappa shape index (κ1) is 9.25. The van der Waals surface area contributed by atoms with Crippen molar-refractivity contribution in [2.24, 2.45) is 17.2 Å². The molecule has 5 nitrogen and oxygen atoms in total. The zero-order valence-corrected chi connectivity index (χ0v) is 6.06. The Morgan fingerprint density at radius 2 is 1.90 bits per heavy atom. The molecule has 0 aromatic carbocycles. The van der Waals surface area contributed by atoms with Gasteiger partial charge in [-0.2, -0.15) is 0 Å². The fraction of sp³-hybridized carbons (Fsp3) is 0.500. The summed E-state index contributed by atoms with van der Waals surface area (Å²) in [5.74, 6) is -1.14. The maximum Gasteiger partial charge on any atom is 0.244 e. The van der Waals surface area contributed by atoms with Gasteiger partial charge in [0.25, 0.3) is 0 Å². The van der Waals surface area contributed by atoms with Gasteiger partial charge in [0.2, 0.25) is 11.8 Å². The van der Waals surface area contributed by atoms with Crippen LogP contribution in [0.5, 0.6) is 0 Å². The summed E-state index contributed by atoms with van der Waals surface area (Å²) in [7, 11) is 0. The fourth-order valence-electron chi connectivity index (χ4n) is 0.254. The van der Waals surface area contributed by atoms with Crippen LogP contribution in [-0.4, -0.2) is 22.9 Å². The monoisotopic (exact) mass is 163 g/mol. The van der Waals surface area contributed by atoms with E-state index in [2.05, 4.69) is 0 Å². The standard InChI is InChI=1S/C4H9N3O2S/c5-2(8)1-10-4(7)3(6)9/h4H,1,7H2,(H2,5,8)(H2,6,9)/t4-/m0/s1. The highest BCUT2D eigenvalue weighted by Gasteiger charge is 2.09. The Balaban J connectivity index is 3.49. The number of carbonyl (C=O) groups is 2. The largest absolute Gasteiger partial charge is 0.369 e. The molecule has 2 amide bonds. The van der Waals surface area contributed by atoms with Crippen molar-refractivity contribution >= 4 is 23.6 Å². The quantitative estimate of drug-likeness (QED) is 0.415. The predicted molar refractivity (Wildman–Crippen MR) is 38.8 cm³/mol. The highest BCUT2D eigenvalue weighted by atomic mass is 32.2. The minimum atomic E-state index is -0.840. The average Bonchev–Trinajstić information content (AvgIpc) is 1.82. The first-order valence-electron chi connectivity index (χ1n) is 2.49. The van der Waals surface area contributed by atoms with Crippen LogP contribution in [0.1, 0.15) is 0 Å². The number of rotatable bonds is 4. The van der Waals surface area contributed by atoms with Gasteiger partial charge >= 0.3 is 0 Å². The van der Waals surface area contributed by atoms with Crippen molar-refractivity contribution in [3.8, 4) is 0 Å². The van der Waals surface area contributed by atoms with Crippen LogP contribution < -0.4 is 17.2 Å². The van der Waals surface area contributed by atoms with E-state index >= 15 is 0 Å². The van der Waals surface area contributed by atoms with Gasteiger partial charge in [0.15, 0.2) is 0 Å². The second-order valence-corrected chi connectivity index (χ2v) is 2.73. The third-order valence-electron chi connectivity index (χ3n) is 0.686. The molecule has 0 aliphatic carbocycles. The van der Waals surface area contributed by atoms with Gasteiger partial charge < -0.3 is 17.2 Å². The fourth-order valence-corrected chi connectivity index (χ4v) is 0.762. The van der Waals surface area contributed by atoms with Crippen molar-refractivity contribution in [3.63, 3.8) is 0 Å². The van der Waals surface area contributed by atoms with Crippen molar-refractivity contribution in [2.45, 2.75) is 5.37 Å². The molecule has 0 rings (SSSR count). The van der Waals surface area contributed by atoms with Gasteiger partial charge in [-0.1, -0.05) is 0 Å². The third kappa shape index (κ3) is 4.16. The molecule has 0 saturated heterocycles. The molecule has 6 N–H and O–H groups in total. The van der Waals surface area contributed by atoms with Crippen LogP contribution in [0.4, 0.5) is 0 Å². The molecule has 0 heterocycles. The van der Waals surface area contributed by atoms with Crippen LogP contribution >= 0.6 is 11.8 Å². The Hall–Kier alpha value is -0.750. The lowest BCUT2D eigenvalue weighted by Gasteiger charge is -2.03. The molecule has 0 bridgehead atoms. The van der Waals surface area contributed by atoms with Crippen LogP contribution in [0.2, 0.25) is 0 Å². The van der Waals surface area contributed by atoms with Crippen molar-refractivity contribution in [1.82, 2.24) is 0 Å². The third-order valence-corrected chi connectivity index (χ3v) is 1.73. The maximum absolute atomic E-state index is 10.2. The number of thioether (sulfide) groups is 1. The number of nitrogens with two attached hydrogens (primary N) is 3. The zero-order valence-electron chi connectivity index (χ0n) is 5.24. The molecule has 0 aromatic rings. The Morgan fingerprint density at radius 3 is 2.20 bits per heavy atom. The number of amides is 2. The predicted octanol–water partition coefficient (Wildman–Crippen LogP) is -2.03. The normalized spacial score (nSPS) is 12.5. The first-order chi connectivity index (χ1) is 4.54. The Kier molecular flexibility index (Phi) is 3.82. The van der Waals surface area contributed by atoms with E-state index in [-0.39, 0.29) is 5.75 Å². The van der Waals surface area contributed by atoms with Crippen LogP contribution in [0, 0.1) is 0 Å². The highest BCUT2D eigenvalue weighted by Crippen LogP contribution is 2.02. The van der Waals surface area contributed by atoms with E-state index in [1.165, 1.54) is 0 Å². The number of carbonyl (C=O) groups excluding carboxylic acids is 2. The molecule has 0 radical (unpaired) electrons. The minimum absolute atomic E-state index is 0.0180. The van der Waals surface area contributed by atoms with Gasteiger partial charge in [0, 0.05) is 0 Å². The Labute approximate surface area is 62.3 Å². The number of hydrogen-bond acceptors (Lipinski definition) is 4. The Bertz CT molecular complexity index is 149. The van der Waals surface area contributed by atoms with E-state index in [4.69, 9.17) is 17.2 Å². The molecule has 0 unspecified atom stereocenters. The molecule has 0 aromatic heterocycles. The molecular weight excluding hydrogens is 154 g/mol. The summed E-state index contributed by atoms with van der Waals surface area (Å²) in [6, 6.07) is 0. The van der Waals surface area contributed by atoms with Crippen LogP contribution in [0.15, 0.2) is 0 Å². The van der Waals surface area contributed by atoms with E-state index < -0.39 is 17.2 Å². The van der Waals surface area contributed by atoms with Crippen LogP contribution in [0.25, 0.3) is 0 Å². The molecule has 0 fully saturated rings. The van der Waals surface area contributed by atoms with E-state index in [0.29, 0.717) is 0 Å². The summed E-state index contributed by atoms with van der Waals surface area (Å²) in [5.41, 5.74) is 14.7. The summed E-state index contributed by atoms with van der Waals surface area (Å²) < 4.78 is 0. The van der Waals surface area contributed by atoms with Crippen molar-refractivity contribution in [3.05, 3.63) is 0 Å². The number of hydrogen-bond donors (Lipinski definition) is 3. The minimum Gasteiger partial charge on any atom is -0.369 e. The molecule has 58 valence electrons. The first-order valence-corrected chi connectivity index (χ1v) is 3.53. The van der Waals surface area contributed by atoms with E-state index in [9.17, 15) is 9.59 Å². The van der Waals surface area contributed by atoms with E-state index in [1.54, 1.807) is 0 Å². The van der Waals surface area contributed by atoms with Gasteiger partial charge in [-0.25, -0.2) is 0 Å². The van der Waals surface area contributed by atoms with Gasteiger partial charge in [0.05, 0.1) is 5.75 Å². The molecule has 0 saturated carbocycles. The van der Waals surface area contributed by atoms with Gasteiger partial charge in [-0.05, 0) is 0 Å². The lowest BCUT2D eigenvalue weighted by atomic mass is 10.6. The van der Waals surface area contributed by atoms with Gasteiger partial charge in [0.1, 0.15) is 5.37 Å². The highest BCUT2D eigenvalue weighted by molar-refractivity contribution is 8.01. The van der Waals surface area contributed by atoms with Crippen molar-refractivity contribution < 1.29 is 9.59 Å². The topological polar surface area (TPSA) is 112 Å². The molecule has 0 aliphatic rings. The molecule has 0 spiro atoms.